The van der Waals surface area contributed by atoms with Crippen molar-refractivity contribution in [2.75, 3.05) is 6.61 Å². The molecule has 2 atom stereocenters. The molecule has 0 bridgehead atoms. The fraction of sp³-hybridized carbons (Fsp3) is 0.846. The molecule has 1 aliphatic heterocycles. The Balaban J connectivity index is 1.72. The van der Waals surface area contributed by atoms with Crippen LogP contribution in [0.4, 0.5) is 0 Å². The maximum absolute atomic E-state index is 6.01. The molecule has 102 valence electrons. The second-order valence-corrected chi connectivity index (χ2v) is 5.08. The maximum atomic E-state index is 6.01. The van der Waals surface area contributed by atoms with Crippen LogP contribution < -0.4 is 5.73 Å². The van der Waals surface area contributed by atoms with Crippen LogP contribution in [-0.4, -0.2) is 27.7 Å². The summed E-state index contributed by atoms with van der Waals surface area (Å²) in [6.45, 7) is 3.97. The molecule has 5 nitrogen and oxygen atoms in total. The summed E-state index contributed by atoms with van der Waals surface area (Å²) in [5, 5.41) is 8.27. The number of nitrogens with zero attached hydrogens (tertiary/aromatic N) is 3. The second kappa shape index (κ2) is 6.85. The Labute approximate surface area is 109 Å². The minimum atomic E-state index is 0.0296. The van der Waals surface area contributed by atoms with Gasteiger partial charge in [0.2, 0.25) is 0 Å². The molecule has 0 aliphatic carbocycles. The van der Waals surface area contributed by atoms with Crippen molar-refractivity contribution in [3.63, 3.8) is 0 Å². The van der Waals surface area contributed by atoms with Crippen molar-refractivity contribution in [1.82, 2.24) is 15.0 Å². The van der Waals surface area contributed by atoms with Crippen LogP contribution in [0.15, 0.2) is 6.20 Å². The molecule has 0 spiro atoms. The summed E-state index contributed by atoms with van der Waals surface area (Å²) in [7, 11) is 0. The van der Waals surface area contributed by atoms with Gasteiger partial charge in [0.15, 0.2) is 0 Å². The molecule has 18 heavy (non-hydrogen) atoms. The number of aromatic nitrogens is 3. The number of nitrogens with two attached hydrogens (primary N) is 1. The lowest BCUT2D eigenvalue weighted by atomic mass is 10.1. The molecule has 1 aromatic rings. The number of hydrogen-bond donors (Lipinski definition) is 1. The van der Waals surface area contributed by atoms with Crippen LogP contribution in [0.2, 0.25) is 0 Å². The van der Waals surface area contributed by atoms with E-state index in [4.69, 9.17) is 10.5 Å². The normalized spacial score (nSPS) is 21.3. The Morgan fingerprint density at radius 3 is 3.22 bits per heavy atom. The van der Waals surface area contributed by atoms with Gasteiger partial charge >= 0.3 is 0 Å². The minimum absolute atomic E-state index is 0.0296. The molecule has 1 aliphatic rings. The molecule has 2 N–H and O–H groups in total. The highest BCUT2D eigenvalue weighted by molar-refractivity contribution is 4.99. The first-order valence-electron chi connectivity index (χ1n) is 7.06. The van der Waals surface area contributed by atoms with Gasteiger partial charge in [-0.1, -0.05) is 18.6 Å². The third-order valence-corrected chi connectivity index (χ3v) is 3.47. The van der Waals surface area contributed by atoms with Gasteiger partial charge in [-0.05, 0) is 32.1 Å². The summed E-state index contributed by atoms with van der Waals surface area (Å²) in [4.78, 5) is 0. The van der Waals surface area contributed by atoms with E-state index in [9.17, 15) is 0 Å². The quantitative estimate of drug-likeness (QED) is 0.806. The van der Waals surface area contributed by atoms with Gasteiger partial charge in [-0.25, -0.2) is 0 Å². The molecular formula is C13H24N4O. The Bertz CT molecular complexity index is 347. The molecule has 0 radical (unpaired) electrons. The standard InChI is InChI=1S/C13H24N4O/c1-2-5-12(14)13-10-17(16-15-13)8-3-6-11-7-4-9-18-11/h10-12H,2-9,14H2,1H3. The summed E-state index contributed by atoms with van der Waals surface area (Å²) in [5.74, 6) is 0. The van der Waals surface area contributed by atoms with E-state index in [1.54, 1.807) is 0 Å². The molecule has 2 heterocycles. The third kappa shape index (κ3) is 3.78. The molecule has 5 heteroatoms. The average molecular weight is 252 g/mol. The Morgan fingerprint density at radius 2 is 2.50 bits per heavy atom. The van der Waals surface area contributed by atoms with E-state index >= 15 is 0 Å². The van der Waals surface area contributed by atoms with Crippen LogP contribution in [0.3, 0.4) is 0 Å². The van der Waals surface area contributed by atoms with Crippen LogP contribution in [0.1, 0.15) is 57.2 Å². The van der Waals surface area contributed by atoms with Gasteiger partial charge < -0.3 is 10.5 Å². The third-order valence-electron chi connectivity index (χ3n) is 3.47. The lowest BCUT2D eigenvalue weighted by Gasteiger charge is -2.08. The molecule has 2 rings (SSSR count). The average Bonchev–Trinajstić information content (AvgIpc) is 3.00. The van der Waals surface area contributed by atoms with Crippen molar-refractivity contribution in [3.8, 4) is 0 Å². The fourth-order valence-corrected chi connectivity index (χ4v) is 2.40. The van der Waals surface area contributed by atoms with Crippen LogP contribution in [0.5, 0.6) is 0 Å². The highest BCUT2D eigenvalue weighted by Crippen LogP contribution is 2.17. The topological polar surface area (TPSA) is 66.0 Å². The fourth-order valence-electron chi connectivity index (χ4n) is 2.40. The summed E-state index contributed by atoms with van der Waals surface area (Å²) < 4.78 is 7.50. The molecular weight excluding hydrogens is 228 g/mol. The van der Waals surface area contributed by atoms with Crippen molar-refractivity contribution in [2.24, 2.45) is 5.73 Å². The van der Waals surface area contributed by atoms with E-state index in [1.165, 1.54) is 12.8 Å². The van der Waals surface area contributed by atoms with E-state index < -0.39 is 0 Å². The first-order chi connectivity index (χ1) is 8.79. The Kier molecular flexibility index (Phi) is 5.13. The molecule has 0 aromatic carbocycles. The Morgan fingerprint density at radius 1 is 1.61 bits per heavy atom. The van der Waals surface area contributed by atoms with Crippen molar-refractivity contribution >= 4 is 0 Å². The van der Waals surface area contributed by atoms with Crippen molar-refractivity contribution < 1.29 is 4.74 Å². The van der Waals surface area contributed by atoms with Crippen molar-refractivity contribution in [2.45, 2.75) is 64.1 Å². The number of hydrogen-bond acceptors (Lipinski definition) is 4. The zero-order chi connectivity index (χ0) is 12.8. The zero-order valence-corrected chi connectivity index (χ0v) is 11.2. The van der Waals surface area contributed by atoms with E-state index in [0.29, 0.717) is 6.10 Å². The van der Waals surface area contributed by atoms with Crippen LogP contribution >= 0.6 is 0 Å². The van der Waals surface area contributed by atoms with Crippen LogP contribution in [0, 0.1) is 0 Å². The van der Waals surface area contributed by atoms with E-state index in [2.05, 4.69) is 17.2 Å². The van der Waals surface area contributed by atoms with E-state index in [0.717, 1.165) is 44.5 Å². The van der Waals surface area contributed by atoms with Crippen LogP contribution in [-0.2, 0) is 11.3 Å². The first kappa shape index (κ1) is 13.5. The molecule has 1 aromatic heterocycles. The van der Waals surface area contributed by atoms with Gasteiger partial charge in [0.25, 0.3) is 0 Å². The predicted octanol–water partition coefficient (Wildman–Crippen LogP) is 2.04. The van der Waals surface area contributed by atoms with E-state index in [1.807, 2.05) is 10.9 Å². The molecule has 0 saturated carbocycles. The maximum Gasteiger partial charge on any atom is 0.0994 e. The molecule has 2 unspecified atom stereocenters. The van der Waals surface area contributed by atoms with Gasteiger partial charge in [0.1, 0.15) is 0 Å². The predicted molar refractivity (Wildman–Crippen MR) is 70.1 cm³/mol. The lowest BCUT2D eigenvalue weighted by Crippen LogP contribution is -2.10. The molecule has 1 fully saturated rings. The number of aryl methyl sites for hydroxylation is 1. The SMILES string of the molecule is CCCC(N)c1cn(CCCC2CCCO2)nn1. The van der Waals surface area contributed by atoms with Crippen molar-refractivity contribution in [1.29, 1.82) is 0 Å². The Hall–Kier alpha value is -0.940. The summed E-state index contributed by atoms with van der Waals surface area (Å²) in [6, 6.07) is 0.0296. The van der Waals surface area contributed by atoms with E-state index in [-0.39, 0.29) is 6.04 Å². The smallest absolute Gasteiger partial charge is 0.0994 e. The molecule has 1 saturated heterocycles. The monoisotopic (exact) mass is 252 g/mol. The van der Waals surface area contributed by atoms with Crippen LogP contribution in [0.25, 0.3) is 0 Å². The van der Waals surface area contributed by atoms with Gasteiger partial charge in [-0.3, -0.25) is 4.68 Å². The lowest BCUT2D eigenvalue weighted by molar-refractivity contribution is 0.101. The summed E-state index contributed by atoms with van der Waals surface area (Å²) in [5.41, 5.74) is 6.92. The van der Waals surface area contributed by atoms with Gasteiger partial charge in [-0.2, -0.15) is 0 Å². The summed E-state index contributed by atoms with van der Waals surface area (Å²) >= 11 is 0. The second-order valence-electron chi connectivity index (χ2n) is 5.08. The number of ether oxygens (including phenoxy) is 1. The number of rotatable bonds is 7. The summed E-state index contributed by atoms with van der Waals surface area (Å²) in [6.07, 6.45) is 9.13. The van der Waals surface area contributed by atoms with Crippen molar-refractivity contribution in [3.05, 3.63) is 11.9 Å². The van der Waals surface area contributed by atoms with Gasteiger partial charge in [0, 0.05) is 13.2 Å². The van der Waals surface area contributed by atoms with Gasteiger partial charge in [0.05, 0.1) is 24.0 Å². The highest BCUT2D eigenvalue weighted by Gasteiger charge is 2.15. The largest absolute Gasteiger partial charge is 0.378 e. The minimum Gasteiger partial charge on any atom is -0.378 e. The molecule has 0 amide bonds. The first-order valence-corrected chi connectivity index (χ1v) is 7.06. The van der Waals surface area contributed by atoms with Gasteiger partial charge in [-0.15, -0.1) is 5.10 Å². The zero-order valence-electron chi connectivity index (χ0n) is 11.2. The highest BCUT2D eigenvalue weighted by atomic mass is 16.5.